The molecule has 1 fully saturated rings. The monoisotopic (exact) mass is 361 g/mol. The fourth-order valence-corrected chi connectivity index (χ4v) is 2.96. The Hall–Kier alpha value is -3.41. The number of nitrogens with one attached hydrogen (secondary N) is 1. The van der Waals surface area contributed by atoms with Gasteiger partial charge in [0.1, 0.15) is 11.5 Å². The molecule has 1 amide bonds. The lowest BCUT2D eigenvalue weighted by Crippen LogP contribution is -2.18. The first kappa shape index (κ1) is 17.0. The molecular formula is C21H19N3O3. The summed E-state index contributed by atoms with van der Waals surface area (Å²) in [5, 5.41) is 14.7. The van der Waals surface area contributed by atoms with Crippen molar-refractivity contribution in [2.24, 2.45) is 5.10 Å². The lowest BCUT2D eigenvalue weighted by Gasteiger charge is -2.08. The van der Waals surface area contributed by atoms with Gasteiger partial charge in [-0.15, -0.1) is 0 Å². The molecule has 2 N–H and O–H groups in total. The normalized spacial score (nSPS) is 13.8. The first-order valence-electron chi connectivity index (χ1n) is 8.76. The minimum Gasteiger partial charge on any atom is -0.507 e. The van der Waals surface area contributed by atoms with E-state index in [0.717, 1.165) is 29.4 Å². The first-order valence-corrected chi connectivity index (χ1v) is 8.76. The van der Waals surface area contributed by atoms with Gasteiger partial charge in [0, 0.05) is 22.6 Å². The Morgan fingerprint density at radius 1 is 1.26 bits per heavy atom. The summed E-state index contributed by atoms with van der Waals surface area (Å²) >= 11 is 0. The number of aromatic nitrogens is 1. The van der Waals surface area contributed by atoms with E-state index in [1.807, 2.05) is 30.3 Å². The van der Waals surface area contributed by atoms with Crippen LogP contribution in [0.3, 0.4) is 0 Å². The van der Waals surface area contributed by atoms with Gasteiger partial charge in [-0.1, -0.05) is 18.2 Å². The maximum atomic E-state index is 12.7. The van der Waals surface area contributed by atoms with Crippen LogP contribution in [-0.4, -0.2) is 29.3 Å². The Morgan fingerprint density at radius 3 is 2.85 bits per heavy atom. The standard InChI is InChI=1S/C21H19N3O3/c1-27-15-8-9-20(25)14(10-15)12-22-24-21(26)17-11-19(13-6-7-13)23-18-5-3-2-4-16(17)18/h2-5,8-13,25H,6-7H2,1H3,(H,24,26)/b22-12-. The second-order valence-electron chi connectivity index (χ2n) is 6.51. The van der Waals surface area contributed by atoms with Crippen molar-refractivity contribution in [2.75, 3.05) is 7.11 Å². The van der Waals surface area contributed by atoms with E-state index in [-0.39, 0.29) is 11.7 Å². The van der Waals surface area contributed by atoms with Crippen LogP contribution in [0.5, 0.6) is 11.5 Å². The number of amides is 1. The maximum absolute atomic E-state index is 12.7. The highest BCUT2D eigenvalue weighted by molar-refractivity contribution is 6.06. The Balaban J connectivity index is 1.60. The Bertz CT molecular complexity index is 1040. The third-order valence-corrected chi connectivity index (χ3v) is 4.58. The highest BCUT2D eigenvalue weighted by Gasteiger charge is 2.26. The zero-order valence-corrected chi connectivity index (χ0v) is 14.8. The third kappa shape index (κ3) is 3.60. The number of carbonyl (C=O) groups excluding carboxylic acids is 1. The van der Waals surface area contributed by atoms with Crippen LogP contribution in [0.4, 0.5) is 0 Å². The summed E-state index contributed by atoms with van der Waals surface area (Å²) in [6.07, 6.45) is 3.61. The molecule has 0 atom stereocenters. The first-order chi connectivity index (χ1) is 13.2. The summed E-state index contributed by atoms with van der Waals surface area (Å²) in [6.45, 7) is 0. The topological polar surface area (TPSA) is 83.8 Å². The van der Waals surface area contributed by atoms with Gasteiger partial charge in [-0.2, -0.15) is 5.10 Å². The quantitative estimate of drug-likeness (QED) is 0.537. The van der Waals surface area contributed by atoms with Crippen LogP contribution < -0.4 is 10.2 Å². The number of fused-ring (bicyclic) bond motifs is 1. The van der Waals surface area contributed by atoms with E-state index in [4.69, 9.17) is 4.74 Å². The highest BCUT2D eigenvalue weighted by Crippen LogP contribution is 2.40. The minimum absolute atomic E-state index is 0.0548. The van der Waals surface area contributed by atoms with Gasteiger partial charge in [0.2, 0.25) is 0 Å². The molecule has 0 spiro atoms. The molecule has 1 heterocycles. The van der Waals surface area contributed by atoms with Crippen molar-refractivity contribution in [1.29, 1.82) is 0 Å². The molecule has 1 aliphatic carbocycles. The molecule has 0 saturated heterocycles. The van der Waals surface area contributed by atoms with Crippen LogP contribution in [0.25, 0.3) is 10.9 Å². The zero-order chi connectivity index (χ0) is 18.8. The van der Waals surface area contributed by atoms with Crippen molar-refractivity contribution in [2.45, 2.75) is 18.8 Å². The lowest BCUT2D eigenvalue weighted by atomic mass is 10.1. The molecule has 136 valence electrons. The molecule has 1 aliphatic rings. The van der Waals surface area contributed by atoms with Gasteiger partial charge in [-0.3, -0.25) is 9.78 Å². The van der Waals surface area contributed by atoms with Gasteiger partial charge in [0.15, 0.2) is 0 Å². The van der Waals surface area contributed by atoms with Gasteiger partial charge < -0.3 is 9.84 Å². The zero-order valence-electron chi connectivity index (χ0n) is 14.8. The van der Waals surface area contributed by atoms with Crippen molar-refractivity contribution < 1.29 is 14.6 Å². The van der Waals surface area contributed by atoms with Crippen LogP contribution in [0, 0.1) is 0 Å². The summed E-state index contributed by atoms with van der Waals surface area (Å²) in [5.74, 6) is 0.779. The molecule has 27 heavy (non-hydrogen) atoms. The number of ether oxygens (including phenoxy) is 1. The molecule has 0 bridgehead atoms. The van der Waals surface area contributed by atoms with Crippen molar-refractivity contribution in [3.05, 3.63) is 65.4 Å². The number of aromatic hydroxyl groups is 1. The second-order valence-corrected chi connectivity index (χ2v) is 6.51. The van der Waals surface area contributed by atoms with E-state index in [1.165, 1.54) is 12.3 Å². The molecule has 0 radical (unpaired) electrons. The maximum Gasteiger partial charge on any atom is 0.272 e. The van der Waals surface area contributed by atoms with E-state index in [2.05, 4.69) is 15.5 Å². The van der Waals surface area contributed by atoms with Gasteiger partial charge in [-0.05, 0) is 43.2 Å². The van der Waals surface area contributed by atoms with E-state index in [9.17, 15) is 9.90 Å². The minimum atomic E-state index is -0.311. The predicted octanol–water partition coefficient (Wildman–Crippen LogP) is 3.59. The van der Waals surface area contributed by atoms with E-state index < -0.39 is 0 Å². The molecule has 2 aromatic carbocycles. The largest absolute Gasteiger partial charge is 0.507 e. The molecule has 0 aliphatic heterocycles. The van der Waals surface area contributed by atoms with Crippen LogP contribution >= 0.6 is 0 Å². The summed E-state index contributed by atoms with van der Waals surface area (Å²) in [6, 6.07) is 14.2. The number of hydrogen-bond donors (Lipinski definition) is 2. The number of phenols is 1. The number of hydrazone groups is 1. The number of nitrogens with zero attached hydrogens (tertiary/aromatic N) is 2. The van der Waals surface area contributed by atoms with E-state index >= 15 is 0 Å². The molecule has 4 rings (SSSR count). The van der Waals surface area contributed by atoms with E-state index in [0.29, 0.717) is 22.8 Å². The van der Waals surface area contributed by atoms with Crippen LogP contribution in [0.1, 0.15) is 40.4 Å². The molecule has 0 unspecified atom stereocenters. The van der Waals surface area contributed by atoms with Crippen molar-refractivity contribution in [3.63, 3.8) is 0 Å². The average Bonchev–Trinajstić information content (AvgIpc) is 3.54. The molecule has 3 aromatic rings. The van der Waals surface area contributed by atoms with Gasteiger partial charge in [-0.25, -0.2) is 5.43 Å². The number of rotatable bonds is 5. The molecule has 6 heteroatoms. The number of phenolic OH excluding ortho intramolecular Hbond substituents is 1. The Labute approximate surface area is 156 Å². The van der Waals surface area contributed by atoms with Crippen LogP contribution in [0.2, 0.25) is 0 Å². The molecule has 6 nitrogen and oxygen atoms in total. The highest BCUT2D eigenvalue weighted by atomic mass is 16.5. The number of pyridine rings is 1. The average molecular weight is 361 g/mol. The molecular weight excluding hydrogens is 342 g/mol. The summed E-state index contributed by atoms with van der Waals surface area (Å²) in [7, 11) is 1.54. The van der Waals surface area contributed by atoms with Gasteiger partial charge in [0.05, 0.1) is 24.4 Å². The number of benzene rings is 2. The van der Waals surface area contributed by atoms with Crippen LogP contribution in [-0.2, 0) is 0 Å². The fourth-order valence-electron chi connectivity index (χ4n) is 2.96. The van der Waals surface area contributed by atoms with Crippen molar-refractivity contribution in [1.82, 2.24) is 10.4 Å². The number of carbonyl (C=O) groups is 1. The van der Waals surface area contributed by atoms with Crippen LogP contribution in [0.15, 0.2) is 53.6 Å². The van der Waals surface area contributed by atoms with Crippen molar-refractivity contribution >= 4 is 23.0 Å². The van der Waals surface area contributed by atoms with Crippen molar-refractivity contribution in [3.8, 4) is 11.5 Å². The second kappa shape index (κ2) is 7.07. The smallest absolute Gasteiger partial charge is 0.272 e. The Morgan fingerprint density at radius 2 is 2.07 bits per heavy atom. The summed E-state index contributed by atoms with van der Waals surface area (Å²) < 4.78 is 5.13. The fraction of sp³-hybridized carbons (Fsp3) is 0.190. The number of para-hydroxylation sites is 1. The number of methoxy groups -OCH3 is 1. The SMILES string of the molecule is COc1ccc(O)c(/C=N\NC(=O)c2cc(C3CC3)nc3ccccc23)c1. The lowest BCUT2D eigenvalue weighted by molar-refractivity contribution is 0.0956. The predicted molar refractivity (Wildman–Crippen MR) is 103 cm³/mol. The Kier molecular flexibility index (Phi) is 4.46. The molecule has 1 aromatic heterocycles. The third-order valence-electron chi connectivity index (χ3n) is 4.58. The molecule has 1 saturated carbocycles. The van der Waals surface area contributed by atoms with Gasteiger partial charge in [0.25, 0.3) is 5.91 Å². The van der Waals surface area contributed by atoms with Gasteiger partial charge >= 0.3 is 0 Å². The summed E-state index contributed by atoms with van der Waals surface area (Å²) in [4.78, 5) is 17.4. The number of hydrogen-bond acceptors (Lipinski definition) is 5. The summed E-state index contributed by atoms with van der Waals surface area (Å²) in [5.41, 5.74) is 5.30. The van der Waals surface area contributed by atoms with E-state index in [1.54, 1.807) is 19.2 Å².